The molecule has 4 fully saturated rings. The maximum atomic E-state index is 14.3. The molecular weight excluding hydrogens is 769 g/mol. The average molecular weight is 823 g/mol. The van der Waals surface area contributed by atoms with Gasteiger partial charge in [0.2, 0.25) is 23.6 Å². The molecule has 0 aliphatic carbocycles. The van der Waals surface area contributed by atoms with Gasteiger partial charge in [0, 0.05) is 11.8 Å². The highest BCUT2D eigenvalue weighted by Crippen LogP contribution is 2.36. The number of hydrogen-bond donors (Lipinski definition) is 3. The Labute approximate surface area is 342 Å². The predicted molar refractivity (Wildman–Crippen MR) is 217 cm³/mol. The first kappa shape index (κ1) is 42.4. The van der Waals surface area contributed by atoms with Crippen molar-refractivity contribution in [1.82, 2.24) is 20.4 Å². The van der Waals surface area contributed by atoms with Crippen molar-refractivity contribution in [3.63, 3.8) is 0 Å². The fraction of sp³-hybridized carbons (Fsp3) is 0.571. The first-order valence-corrected chi connectivity index (χ1v) is 22.1. The van der Waals surface area contributed by atoms with Crippen LogP contribution in [-0.4, -0.2) is 111 Å². The minimum atomic E-state index is -0.836. The van der Waals surface area contributed by atoms with E-state index in [0.29, 0.717) is 56.5 Å². The van der Waals surface area contributed by atoms with Crippen LogP contribution in [0.4, 0.5) is 0 Å². The summed E-state index contributed by atoms with van der Waals surface area (Å²) < 4.78 is 10.1. The lowest BCUT2D eigenvalue weighted by Crippen LogP contribution is -2.58. The zero-order chi connectivity index (χ0) is 40.5. The van der Waals surface area contributed by atoms with Crippen LogP contribution in [0.2, 0.25) is 0 Å². The van der Waals surface area contributed by atoms with Gasteiger partial charge in [0.25, 0.3) is 0 Å². The van der Waals surface area contributed by atoms with Gasteiger partial charge in [-0.2, -0.15) is 0 Å². The number of nitrogens with one attached hydrogen (secondary N) is 2. The highest BCUT2D eigenvalue weighted by Gasteiger charge is 2.45. The topological polar surface area (TPSA) is 172 Å². The summed E-state index contributed by atoms with van der Waals surface area (Å²) in [7, 11) is 2.64. The van der Waals surface area contributed by atoms with Crippen molar-refractivity contribution in [2.45, 2.75) is 112 Å². The predicted octanol–water partition coefficient (Wildman–Crippen LogP) is 4.19. The Kier molecular flexibility index (Phi) is 14.8. The maximum absolute atomic E-state index is 14.3. The number of hydrogen-bond acceptors (Lipinski definition) is 11. The molecule has 15 heteroatoms. The Morgan fingerprint density at radius 3 is 1.54 bits per heavy atom. The zero-order valence-electron chi connectivity index (χ0n) is 32.6. The van der Waals surface area contributed by atoms with Crippen LogP contribution in [0.5, 0.6) is 5.75 Å². The minimum absolute atomic E-state index is 0.0948. The molecule has 0 aromatic heterocycles. The molecule has 2 aromatic rings. The number of fused-ring (bicyclic) bond motifs is 2. The molecule has 4 heterocycles. The molecule has 0 saturated carbocycles. The Morgan fingerprint density at radius 2 is 1.11 bits per heavy atom. The van der Waals surface area contributed by atoms with Crippen molar-refractivity contribution in [1.29, 1.82) is 0 Å². The second kappa shape index (κ2) is 20.0. The molecule has 6 rings (SSSR count). The maximum Gasteiger partial charge on any atom is 0.328 e. The first-order valence-electron chi connectivity index (χ1n) is 20.0. The van der Waals surface area contributed by atoms with E-state index in [1.165, 1.54) is 14.2 Å². The number of carbonyl (C=O) groups excluding carboxylic acids is 6. The van der Waals surface area contributed by atoms with Crippen LogP contribution in [0.15, 0.2) is 54.6 Å². The third-order valence-corrected chi connectivity index (χ3v) is 14.3. The molecule has 2 aromatic carbocycles. The second-order valence-corrected chi connectivity index (χ2v) is 17.9. The van der Waals surface area contributed by atoms with Gasteiger partial charge in [-0.25, -0.2) is 9.59 Å². The molecule has 4 aliphatic rings. The average Bonchev–Trinajstić information content (AvgIpc) is 3.49. The number of aromatic hydroxyl groups is 1. The number of amides is 4. The number of ether oxygens (including phenoxy) is 2. The van der Waals surface area contributed by atoms with Crippen LogP contribution in [0, 0.1) is 11.8 Å². The zero-order valence-corrected chi connectivity index (χ0v) is 34.3. The van der Waals surface area contributed by atoms with E-state index in [2.05, 4.69) is 10.6 Å². The number of carbonyl (C=O) groups is 6. The van der Waals surface area contributed by atoms with Crippen LogP contribution in [0.1, 0.15) is 75.3 Å². The van der Waals surface area contributed by atoms with Gasteiger partial charge in [-0.15, -0.1) is 23.5 Å². The summed E-state index contributed by atoms with van der Waals surface area (Å²) in [5.74, 6) is -2.03. The van der Waals surface area contributed by atoms with Crippen LogP contribution in [0.3, 0.4) is 0 Å². The number of methoxy groups -OCH3 is 2. The summed E-state index contributed by atoms with van der Waals surface area (Å²) in [6.07, 6.45) is 6.21. The fourth-order valence-electron chi connectivity index (χ4n) is 8.55. The van der Waals surface area contributed by atoms with E-state index in [-0.39, 0.29) is 46.5 Å². The van der Waals surface area contributed by atoms with Gasteiger partial charge in [0.1, 0.15) is 29.9 Å². The largest absolute Gasteiger partial charge is 0.508 e. The quantitative estimate of drug-likeness (QED) is 0.248. The van der Waals surface area contributed by atoms with E-state index in [0.717, 1.165) is 36.8 Å². The summed E-state index contributed by atoms with van der Waals surface area (Å²) in [4.78, 5) is 85.5. The third kappa shape index (κ3) is 10.4. The molecule has 3 N–H and O–H groups in total. The van der Waals surface area contributed by atoms with Crippen molar-refractivity contribution in [2.24, 2.45) is 11.8 Å². The molecule has 0 unspecified atom stereocenters. The van der Waals surface area contributed by atoms with Crippen LogP contribution in [0.25, 0.3) is 0 Å². The molecule has 13 nitrogen and oxygen atoms in total. The Bertz CT molecular complexity index is 1750. The lowest BCUT2D eigenvalue weighted by atomic mass is 9.86. The Balaban J connectivity index is 1.21. The number of piperidine rings is 2. The standard InChI is InChI=1S/C42H54N4O9S2/c1-54-41(52)33-10-6-12-35-45(33)39(50)31(20-22-56-35)43-37(48)28(24-26-8-4-3-5-9-26)16-17-29(25-27-14-18-30(47)19-15-27)38(49)44-32-21-23-57-36-13-7-11-34(42(53)55-2)46(36)40(32)51/h3-5,8-9,14-15,18-19,28-29,31-36,47H,6-7,10-13,16-17,20-25H2,1-2H3,(H,43,48)(H,44,49)/t28-,29-,31+,32+,33+,34+,35+,36+/m1/s1. The van der Waals surface area contributed by atoms with Gasteiger partial charge in [0.05, 0.1) is 25.0 Å². The number of nitrogens with zero attached hydrogens (tertiary/aromatic N) is 2. The highest BCUT2D eigenvalue weighted by molar-refractivity contribution is 8.00. The fourth-order valence-corrected chi connectivity index (χ4v) is 11.3. The van der Waals surface area contributed by atoms with Crippen LogP contribution < -0.4 is 10.6 Å². The summed E-state index contributed by atoms with van der Waals surface area (Å²) >= 11 is 3.24. The van der Waals surface area contributed by atoms with Gasteiger partial charge in [-0.1, -0.05) is 42.5 Å². The molecule has 4 saturated heterocycles. The highest BCUT2D eigenvalue weighted by atomic mass is 32.2. The van der Waals surface area contributed by atoms with Crippen LogP contribution >= 0.6 is 23.5 Å². The van der Waals surface area contributed by atoms with E-state index in [1.54, 1.807) is 57.6 Å². The van der Waals surface area contributed by atoms with Crippen LogP contribution in [-0.2, 0) is 51.1 Å². The molecule has 0 spiro atoms. The SMILES string of the molecule is COC(=O)[C@@H]1CCC[C@@H]2SCC[C@H](NC(=O)[C@H](CC[C@H](Cc3ccc(O)cc3)C(=O)N[C@H]3CCS[C@H]4CCC[C@@H](C(=O)OC)N4C3=O)Cc3ccccc3)C(=O)N21. The molecule has 308 valence electrons. The normalized spacial score (nSPS) is 26.1. The van der Waals surface area contributed by atoms with Crippen molar-refractivity contribution in [3.05, 3.63) is 65.7 Å². The van der Waals surface area contributed by atoms with Crippen molar-refractivity contribution in [2.75, 3.05) is 25.7 Å². The number of thioether (sulfide) groups is 2. The molecule has 0 radical (unpaired) electrons. The summed E-state index contributed by atoms with van der Waals surface area (Å²) in [6, 6.07) is 13.2. The van der Waals surface area contributed by atoms with Gasteiger partial charge < -0.3 is 35.0 Å². The minimum Gasteiger partial charge on any atom is -0.508 e. The number of rotatable bonds is 13. The smallest absolute Gasteiger partial charge is 0.328 e. The lowest BCUT2D eigenvalue weighted by Gasteiger charge is -2.40. The van der Waals surface area contributed by atoms with E-state index in [9.17, 15) is 33.9 Å². The molecule has 4 amide bonds. The Hall–Kier alpha value is -4.24. The van der Waals surface area contributed by atoms with E-state index >= 15 is 0 Å². The Morgan fingerprint density at radius 1 is 0.667 bits per heavy atom. The molecule has 8 atom stereocenters. The van der Waals surface area contributed by atoms with E-state index in [1.807, 2.05) is 30.3 Å². The first-order chi connectivity index (χ1) is 27.6. The molecule has 4 aliphatic heterocycles. The molecular formula is C42H54N4O9S2. The molecule has 57 heavy (non-hydrogen) atoms. The van der Waals surface area contributed by atoms with Gasteiger partial charge in [0.15, 0.2) is 0 Å². The number of benzene rings is 2. The summed E-state index contributed by atoms with van der Waals surface area (Å²) in [5.41, 5.74) is 1.74. The van der Waals surface area contributed by atoms with Crippen molar-refractivity contribution in [3.8, 4) is 5.75 Å². The summed E-state index contributed by atoms with van der Waals surface area (Å²) in [6.45, 7) is 0. The van der Waals surface area contributed by atoms with Crippen molar-refractivity contribution >= 4 is 59.1 Å². The number of phenols is 1. The number of phenolic OH excluding ortho intramolecular Hbond substituents is 1. The van der Waals surface area contributed by atoms with Crippen molar-refractivity contribution < 1.29 is 43.3 Å². The third-order valence-electron chi connectivity index (χ3n) is 11.6. The van der Waals surface area contributed by atoms with E-state index < -0.39 is 47.9 Å². The lowest BCUT2D eigenvalue weighted by molar-refractivity contribution is -0.156. The second-order valence-electron chi connectivity index (χ2n) is 15.3. The summed E-state index contributed by atoms with van der Waals surface area (Å²) in [5, 5.41) is 15.7. The number of esters is 2. The molecule has 0 bridgehead atoms. The monoisotopic (exact) mass is 822 g/mol. The van der Waals surface area contributed by atoms with Gasteiger partial charge in [-0.05, 0) is 112 Å². The van der Waals surface area contributed by atoms with Gasteiger partial charge in [-0.3, -0.25) is 19.2 Å². The van der Waals surface area contributed by atoms with E-state index in [4.69, 9.17) is 9.47 Å². The van der Waals surface area contributed by atoms with Gasteiger partial charge >= 0.3 is 11.9 Å².